The molecule has 0 unspecified atom stereocenters. The fraction of sp³-hybridized carbons (Fsp3) is 0.158. The lowest BCUT2D eigenvalue weighted by molar-refractivity contribution is 0.171. The van der Waals surface area contributed by atoms with Crippen molar-refractivity contribution in [1.29, 1.82) is 0 Å². The van der Waals surface area contributed by atoms with Gasteiger partial charge in [-0.15, -0.1) is 0 Å². The largest absolute Gasteiger partial charge is 0.486 e. The molecule has 0 atom stereocenters. The number of anilines is 4. The summed E-state index contributed by atoms with van der Waals surface area (Å²) in [6, 6.07) is 13.6. The van der Waals surface area contributed by atoms with Gasteiger partial charge in [-0.05, 0) is 37.3 Å². The van der Waals surface area contributed by atoms with Gasteiger partial charge < -0.3 is 20.1 Å². The second kappa shape index (κ2) is 6.87. The minimum atomic E-state index is -0.322. The van der Waals surface area contributed by atoms with Crippen LogP contribution in [0.3, 0.4) is 0 Å². The first-order chi connectivity index (χ1) is 12.7. The minimum absolute atomic E-state index is 0.322. The Labute approximate surface area is 150 Å². The Morgan fingerprint density at radius 1 is 0.885 bits per heavy atom. The van der Waals surface area contributed by atoms with Gasteiger partial charge in [-0.25, -0.2) is 9.37 Å². The summed E-state index contributed by atoms with van der Waals surface area (Å²) in [5, 5.41) is 6.25. The molecule has 6 nitrogen and oxygen atoms in total. The fourth-order valence-corrected chi connectivity index (χ4v) is 2.65. The van der Waals surface area contributed by atoms with Crippen LogP contribution in [0.4, 0.5) is 27.5 Å². The van der Waals surface area contributed by atoms with Crippen molar-refractivity contribution in [1.82, 2.24) is 9.97 Å². The topological polar surface area (TPSA) is 68.3 Å². The zero-order chi connectivity index (χ0) is 17.9. The Balaban J connectivity index is 1.56. The number of rotatable bonds is 4. The molecule has 2 N–H and O–H groups in total. The van der Waals surface area contributed by atoms with Crippen LogP contribution in [0.2, 0.25) is 0 Å². The van der Waals surface area contributed by atoms with Crippen LogP contribution in [0.1, 0.15) is 5.69 Å². The molecule has 7 heteroatoms. The molecule has 0 bridgehead atoms. The number of aryl methyl sites for hydroxylation is 1. The van der Waals surface area contributed by atoms with E-state index in [1.165, 1.54) is 12.1 Å². The molecule has 1 aromatic heterocycles. The van der Waals surface area contributed by atoms with Crippen molar-refractivity contribution < 1.29 is 13.9 Å². The van der Waals surface area contributed by atoms with Crippen molar-refractivity contribution in [3.8, 4) is 11.5 Å². The molecule has 0 saturated heterocycles. The van der Waals surface area contributed by atoms with E-state index in [0.29, 0.717) is 36.4 Å². The van der Waals surface area contributed by atoms with Crippen LogP contribution >= 0.6 is 0 Å². The molecule has 1 aliphatic rings. The molecule has 0 amide bonds. The Morgan fingerprint density at radius 2 is 1.69 bits per heavy atom. The maximum atomic E-state index is 13.3. The summed E-state index contributed by atoms with van der Waals surface area (Å²) in [7, 11) is 0. The zero-order valence-electron chi connectivity index (χ0n) is 14.1. The molecule has 26 heavy (non-hydrogen) atoms. The first-order valence-corrected chi connectivity index (χ1v) is 8.21. The molecule has 0 fully saturated rings. The molecule has 0 spiro atoms. The van der Waals surface area contributed by atoms with Crippen molar-refractivity contribution in [2.75, 3.05) is 23.8 Å². The van der Waals surface area contributed by atoms with Crippen LogP contribution in [0, 0.1) is 12.7 Å². The van der Waals surface area contributed by atoms with Gasteiger partial charge in [-0.1, -0.05) is 6.07 Å². The van der Waals surface area contributed by atoms with Crippen LogP contribution in [0.15, 0.2) is 48.5 Å². The van der Waals surface area contributed by atoms with Gasteiger partial charge in [-0.2, -0.15) is 4.98 Å². The molecule has 4 rings (SSSR count). The average Bonchev–Trinajstić information content (AvgIpc) is 2.61. The summed E-state index contributed by atoms with van der Waals surface area (Å²) in [5.41, 5.74) is 2.18. The van der Waals surface area contributed by atoms with Crippen LogP contribution in [-0.4, -0.2) is 23.2 Å². The molecular formula is C19H17FN4O2. The number of fused-ring (bicyclic) bond motifs is 1. The van der Waals surface area contributed by atoms with Crippen molar-refractivity contribution in [3.63, 3.8) is 0 Å². The van der Waals surface area contributed by atoms with E-state index in [1.54, 1.807) is 12.1 Å². The van der Waals surface area contributed by atoms with Gasteiger partial charge in [-0.3, -0.25) is 0 Å². The Kier molecular flexibility index (Phi) is 4.27. The van der Waals surface area contributed by atoms with E-state index in [2.05, 4.69) is 20.6 Å². The van der Waals surface area contributed by atoms with Crippen LogP contribution in [0.5, 0.6) is 11.5 Å². The number of benzene rings is 2. The maximum Gasteiger partial charge on any atom is 0.229 e. The number of hydrogen-bond acceptors (Lipinski definition) is 6. The average molecular weight is 352 g/mol. The maximum absolute atomic E-state index is 13.3. The second-order valence-electron chi connectivity index (χ2n) is 5.84. The van der Waals surface area contributed by atoms with E-state index in [-0.39, 0.29) is 5.82 Å². The predicted molar refractivity (Wildman–Crippen MR) is 97.2 cm³/mol. The lowest BCUT2D eigenvalue weighted by atomic mass is 10.2. The summed E-state index contributed by atoms with van der Waals surface area (Å²) in [4.78, 5) is 8.78. The molecule has 132 valence electrons. The van der Waals surface area contributed by atoms with Crippen molar-refractivity contribution in [2.45, 2.75) is 6.92 Å². The molecular weight excluding hydrogens is 335 g/mol. The monoisotopic (exact) mass is 352 g/mol. The predicted octanol–water partition coefficient (Wildman–Crippen LogP) is 4.18. The van der Waals surface area contributed by atoms with E-state index in [4.69, 9.17) is 9.47 Å². The number of nitrogens with zero attached hydrogens (tertiary/aromatic N) is 2. The van der Waals surface area contributed by atoms with Crippen LogP contribution < -0.4 is 20.1 Å². The molecule has 3 aromatic rings. The third-order valence-corrected chi connectivity index (χ3v) is 3.75. The normalized spacial score (nSPS) is 12.5. The fourth-order valence-electron chi connectivity index (χ4n) is 2.65. The van der Waals surface area contributed by atoms with E-state index in [1.807, 2.05) is 31.2 Å². The molecule has 1 aliphatic heterocycles. The summed E-state index contributed by atoms with van der Waals surface area (Å²) >= 11 is 0. The highest BCUT2D eigenvalue weighted by Crippen LogP contribution is 2.33. The second-order valence-corrected chi connectivity index (χ2v) is 5.84. The van der Waals surface area contributed by atoms with Crippen molar-refractivity contribution in [3.05, 3.63) is 60.0 Å². The number of halogens is 1. The summed E-state index contributed by atoms with van der Waals surface area (Å²) in [5.74, 6) is 2.11. The third-order valence-electron chi connectivity index (χ3n) is 3.75. The van der Waals surface area contributed by atoms with Gasteiger partial charge in [0, 0.05) is 29.2 Å². The Hall–Kier alpha value is -3.35. The molecule has 2 aromatic carbocycles. The Morgan fingerprint density at radius 3 is 2.54 bits per heavy atom. The number of aromatic nitrogens is 2. The van der Waals surface area contributed by atoms with Gasteiger partial charge in [0.25, 0.3) is 0 Å². The zero-order valence-corrected chi connectivity index (χ0v) is 14.1. The van der Waals surface area contributed by atoms with Gasteiger partial charge in [0.05, 0.1) is 0 Å². The quantitative estimate of drug-likeness (QED) is 0.734. The molecule has 2 heterocycles. The number of ether oxygens (including phenoxy) is 2. The molecule has 0 radical (unpaired) electrons. The molecule has 0 aliphatic carbocycles. The summed E-state index contributed by atoms with van der Waals surface area (Å²) in [6.07, 6.45) is 0. The highest BCUT2D eigenvalue weighted by molar-refractivity contribution is 5.63. The third kappa shape index (κ3) is 3.66. The van der Waals surface area contributed by atoms with E-state index < -0.39 is 0 Å². The SMILES string of the molecule is Cc1cc(Nc2ccc3c(c2)OCCO3)nc(Nc2cccc(F)c2)n1. The highest BCUT2D eigenvalue weighted by Gasteiger charge is 2.12. The van der Waals surface area contributed by atoms with Crippen molar-refractivity contribution in [2.24, 2.45) is 0 Å². The first kappa shape index (κ1) is 16.1. The smallest absolute Gasteiger partial charge is 0.229 e. The highest BCUT2D eigenvalue weighted by atomic mass is 19.1. The van der Waals surface area contributed by atoms with Gasteiger partial charge in [0.2, 0.25) is 5.95 Å². The van der Waals surface area contributed by atoms with E-state index in [0.717, 1.165) is 17.1 Å². The standard InChI is InChI=1S/C19H17FN4O2/c1-12-9-18(22-15-5-6-16-17(11-15)26-8-7-25-16)24-19(21-12)23-14-4-2-3-13(20)10-14/h2-6,9-11H,7-8H2,1H3,(H2,21,22,23,24). The summed E-state index contributed by atoms with van der Waals surface area (Å²) in [6.45, 7) is 2.96. The molecule has 0 saturated carbocycles. The van der Waals surface area contributed by atoms with Crippen LogP contribution in [-0.2, 0) is 0 Å². The minimum Gasteiger partial charge on any atom is -0.486 e. The van der Waals surface area contributed by atoms with Gasteiger partial charge in [0.15, 0.2) is 11.5 Å². The lowest BCUT2D eigenvalue weighted by Crippen LogP contribution is -2.15. The summed E-state index contributed by atoms with van der Waals surface area (Å²) < 4.78 is 24.5. The van der Waals surface area contributed by atoms with Gasteiger partial charge >= 0.3 is 0 Å². The van der Waals surface area contributed by atoms with Crippen molar-refractivity contribution >= 4 is 23.1 Å². The van der Waals surface area contributed by atoms with E-state index >= 15 is 0 Å². The number of hydrogen-bond donors (Lipinski definition) is 2. The Bertz CT molecular complexity index is 949. The lowest BCUT2D eigenvalue weighted by Gasteiger charge is -2.19. The van der Waals surface area contributed by atoms with Gasteiger partial charge in [0.1, 0.15) is 24.8 Å². The number of nitrogens with one attached hydrogen (secondary N) is 2. The van der Waals surface area contributed by atoms with Crippen LogP contribution in [0.25, 0.3) is 0 Å². The van der Waals surface area contributed by atoms with E-state index in [9.17, 15) is 4.39 Å². The first-order valence-electron chi connectivity index (χ1n) is 8.21.